The van der Waals surface area contributed by atoms with Gasteiger partial charge in [0.15, 0.2) is 11.5 Å². The van der Waals surface area contributed by atoms with Gasteiger partial charge in [0.1, 0.15) is 5.82 Å². The molecule has 20 heavy (non-hydrogen) atoms. The lowest BCUT2D eigenvalue weighted by atomic mass is 10.2. The Kier molecular flexibility index (Phi) is 3.62. The zero-order valence-corrected chi connectivity index (χ0v) is 11.8. The maximum atomic E-state index is 13.1. The minimum Gasteiger partial charge on any atom is -0.504 e. The third-order valence-corrected chi connectivity index (χ3v) is 4.95. The first-order valence-electron chi connectivity index (χ1n) is 5.46. The monoisotopic (exact) mass is 316 g/mol. The lowest BCUT2D eigenvalue weighted by Gasteiger charge is -2.10. The zero-order valence-electron chi connectivity index (χ0n) is 10.3. The second-order valence-electron chi connectivity index (χ2n) is 4.19. The maximum Gasteiger partial charge on any atom is 0.207 e. The van der Waals surface area contributed by atoms with Gasteiger partial charge in [-0.05, 0) is 36.8 Å². The van der Waals surface area contributed by atoms with Crippen molar-refractivity contribution in [1.82, 2.24) is 0 Å². The van der Waals surface area contributed by atoms with Gasteiger partial charge in [0.05, 0.1) is 14.8 Å². The van der Waals surface area contributed by atoms with E-state index < -0.39 is 27.2 Å². The van der Waals surface area contributed by atoms with Crippen molar-refractivity contribution in [3.63, 3.8) is 0 Å². The molecule has 0 saturated carbocycles. The van der Waals surface area contributed by atoms with Gasteiger partial charge in [0, 0.05) is 6.07 Å². The highest BCUT2D eigenvalue weighted by molar-refractivity contribution is 7.91. The standard InChI is InChI=1S/C13H10ClFO4S/c1-7-4-11(16)12(17)6-13(7)20(18,19)8-2-3-10(15)9(14)5-8/h2-6,16-17H,1H3. The molecule has 0 radical (unpaired) electrons. The molecule has 0 aliphatic rings. The number of rotatable bonds is 2. The lowest BCUT2D eigenvalue weighted by molar-refractivity contribution is 0.401. The Balaban J connectivity index is 2.66. The first-order chi connectivity index (χ1) is 9.23. The van der Waals surface area contributed by atoms with Gasteiger partial charge in [-0.15, -0.1) is 0 Å². The minimum atomic E-state index is -3.97. The second kappa shape index (κ2) is 4.96. The van der Waals surface area contributed by atoms with E-state index in [1.807, 2.05) is 0 Å². The zero-order chi connectivity index (χ0) is 15.1. The van der Waals surface area contributed by atoms with Gasteiger partial charge < -0.3 is 10.2 Å². The molecule has 0 bridgehead atoms. The van der Waals surface area contributed by atoms with E-state index in [9.17, 15) is 23.0 Å². The highest BCUT2D eigenvalue weighted by atomic mass is 35.5. The molecular formula is C13H10ClFO4S. The third-order valence-electron chi connectivity index (χ3n) is 2.76. The minimum absolute atomic E-state index is 0.185. The molecule has 2 N–H and O–H groups in total. The van der Waals surface area contributed by atoms with E-state index in [1.165, 1.54) is 6.92 Å². The third kappa shape index (κ3) is 2.44. The summed E-state index contributed by atoms with van der Waals surface area (Å²) in [5, 5.41) is 18.4. The van der Waals surface area contributed by atoms with Crippen LogP contribution in [0.1, 0.15) is 5.56 Å². The molecule has 0 amide bonds. The number of hydrogen-bond donors (Lipinski definition) is 2. The molecule has 0 aliphatic heterocycles. The number of halogens is 2. The molecule has 0 saturated heterocycles. The van der Waals surface area contributed by atoms with Crippen LogP contribution in [0.5, 0.6) is 11.5 Å². The number of hydrogen-bond acceptors (Lipinski definition) is 4. The summed E-state index contributed by atoms with van der Waals surface area (Å²) in [7, 11) is -3.97. The highest BCUT2D eigenvalue weighted by Gasteiger charge is 2.22. The Morgan fingerprint density at radius 1 is 1.10 bits per heavy atom. The molecule has 0 heterocycles. The van der Waals surface area contributed by atoms with E-state index >= 15 is 0 Å². The van der Waals surface area contributed by atoms with Crippen LogP contribution in [-0.4, -0.2) is 18.6 Å². The fraction of sp³-hybridized carbons (Fsp3) is 0.0769. The quantitative estimate of drug-likeness (QED) is 0.659. The number of sulfone groups is 1. The average molecular weight is 317 g/mol. The van der Waals surface area contributed by atoms with Gasteiger partial charge in [0.2, 0.25) is 9.84 Å². The molecule has 0 fully saturated rings. The summed E-state index contributed by atoms with van der Waals surface area (Å²) in [5.74, 6) is -1.70. The van der Waals surface area contributed by atoms with Gasteiger partial charge in [-0.25, -0.2) is 12.8 Å². The second-order valence-corrected chi connectivity index (χ2v) is 6.51. The Hall–Kier alpha value is -1.79. The summed E-state index contributed by atoms with van der Waals surface area (Å²) in [6, 6.07) is 5.10. The van der Waals surface area contributed by atoms with E-state index in [0.717, 1.165) is 30.3 Å². The van der Waals surface area contributed by atoms with Crippen molar-refractivity contribution in [3.8, 4) is 11.5 Å². The Labute approximate surface area is 120 Å². The topological polar surface area (TPSA) is 74.6 Å². The van der Waals surface area contributed by atoms with Crippen LogP contribution in [-0.2, 0) is 9.84 Å². The molecule has 0 aliphatic carbocycles. The number of aromatic hydroxyl groups is 2. The van der Waals surface area contributed by atoms with Crippen LogP contribution in [0, 0.1) is 12.7 Å². The normalized spacial score (nSPS) is 11.6. The Morgan fingerprint density at radius 3 is 2.30 bits per heavy atom. The van der Waals surface area contributed by atoms with Crippen molar-refractivity contribution in [2.24, 2.45) is 0 Å². The van der Waals surface area contributed by atoms with Crippen LogP contribution in [0.3, 0.4) is 0 Å². The molecule has 0 unspecified atom stereocenters. The predicted molar refractivity (Wildman–Crippen MR) is 71.4 cm³/mol. The SMILES string of the molecule is Cc1cc(O)c(O)cc1S(=O)(=O)c1ccc(F)c(Cl)c1. The summed E-state index contributed by atoms with van der Waals surface area (Å²) in [4.78, 5) is -0.382. The maximum absolute atomic E-state index is 13.1. The summed E-state index contributed by atoms with van der Waals surface area (Å²) < 4.78 is 37.9. The largest absolute Gasteiger partial charge is 0.504 e. The molecule has 106 valence electrons. The number of phenolic OH excluding ortho intramolecular Hbond substituents is 2. The van der Waals surface area contributed by atoms with Crippen molar-refractivity contribution < 1.29 is 23.0 Å². The van der Waals surface area contributed by atoms with Gasteiger partial charge >= 0.3 is 0 Å². The van der Waals surface area contributed by atoms with Crippen molar-refractivity contribution in [2.75, 3.05) is 0 Å². The molecule has 0 spiro atoms. The first kappa shape index (κ1) is 14.6. The number of aryl methyl sites for hydroxylation is 1. The molecular weight excluding hydrogens is 307 g/mol. The van der Waals surface area contributed by atoms with Crippen LogP contribution in [0.15, 0.2) is 40.1 Å². The highest BCUT2D eigenvalue weighted by Crippen LogP contribution is 2.34. The van der Waals surface area contributed by atoms with E-state index in [4.69, 9.17) is 11.6 Å². The van der Waals surface area contributed by atoms with Crippen molar-refractivity contribution >= 4 is 21.4 Å². The molecule has 4 nitrogen and oxygen atoms in total. The fourth-order valence-electron chi connectivity index (χ4n) is 1.72. The van der Waals surface area contributed by atoms with Crippen molar-refractivity contribution in [1.29, 1.82) is 0 Å². The van der Waals surface area contributed by atoms with Crippen LogP contribution in [0.4, 0.5) is 4.39 Å². The summed E-state index contributed by atoms with van der Waals surface area (Å²) in [6.07, 6.45) is 0. The van der Waals surface area contributed by atoms with Crippen molar-refractivity contribution in [2.45, 2.75) is 16.7 Å². The Morgan fingerprint density at radius 2 is 1.70 bits per heavy atom. The molecule has 7 heteroatoms. The average Bonchev–Trinajstić information content (AvgIpc) is 2.36. The van der Waals surface area contributed by atoms with Crippen LogP contribution in [0.25, 0.3) is 0 Å². The summed E-state index contributed by atoms with van der Waals surface area (Å²) >= 11 is 5.57. The van der Waals surface area contributed by atoms with Gasteiger partial charge in [-0.1, -0.05) is 11.6 Å². The van der Waals surface area contributed by atoms with Gasteiger partial charge in [0.25, 0.3) is 0 Å². The predicted octanol–water partition coefficient (Wildman–Crippen LogP) is 3.03. The molecule has 0 atom stereocenters. The molecule has 2 rings (SSSR count). The molecule has 0 aromatic heterocycles. The lowest BCUT2D eigenvalue weighted by Crippen LogP contribution is -2.04. The van der Waals surface area contributed by atoms with Crippen LogP contribution >= 0.6 is 11.6 Å². The Bertz CT molecular complexity index is 787. The van der Waals surface area contributed by atoms with E-state index in [1.54, 1.807) is 0 Å². The summed E-state index contributed by atoms with van der Waals surface area (Å²) in [6.45, 7) is 1.47. The van der Waals surface area contributed by atoms with Gasteiger partial charge in [-0.2, -0.15) is 0 Å². The van der Waals surface area contributed by atoms with E-state index in [2.05, 4.69) is 0 Å². The van der Waals surface area contributed by atoms with Crippen molar-refractivity contribution in [3.05, 3.63) is 46.7 Å². The van der Waals surface area contributed by atoms with E-state index in [-0.39, 0.29) is 20.4 Å². The smallest absolute Gasteiger partial charge is 0.207 e. The number of benzene rings is 2. The summed E-state index contributed by atoms with van der Waals surface area (Å²) in [5.41, 5.74) is 0.251. The molecule has 2 aromatic rings. The molecule has 2 aromatic carbocycles. The van der Waals surface area contributed by atoms with Crippen LogP contribution < -0.4 is 0 Å². The number of phenols is 2. The fourth-order valence-corrected chi connectivity index (χ4v) is 3.49. The van der Waals surface area contributed by atoms with E-state index in [0.29, 0.717) is 0 Å². The van der Waals surface area contributed by atoms with Gasteiger partial charge in [-0.3, -0.25) is 0 Å². The van der Waals surface area contributed by atoms with Crippen LogP contribution in [0.2, 0.25) is 5.02 Å². The first-order valence-corrected chi connectivity index (χ1v) is 7.32.